The molecule has 0 N–H and O–H groups in total. The van der Waals surface area contributed by atoms with Gasteiger partial charge in [0.15, 0.2) is 0 Å². The highest BCUT2D eigenvalue weighted by Crippen LogP contribution is 2.50. The lowest BCUT2D eigenvalue weighted by molar-refractivity contribution is 1.18. The molecular weight excluding hydrogens is 424 g/mol. The van der Waals surface area contributed by atoms with Gasteiger partial charge in [0, 0.05) is 28.2 Å². The number of pyridine rings is 1. The van der Waals surface area contributed by atoms with E-state index in [2.05, 4.69) is 114 Å². The van der Waals surface area contributed by atoms with Gasteiger partial charge < -0.3 is 4.57 Å². The Bertz CT molecular complexity index is 1930. The van der Waals surface area contributed by atoms with Crippen LogP contribution in [0, 0.1) is 0 Å². The van der Waals surface area contributed by atoms with Crippen molar-refractivity contribution in [2.75, 3.05) is 0 Å². The summed E-state index contributed by atoms with van der Waals surface area (Å²) in [4.78, 5) is 4.71. The first-order chi connectivity index (χ1) is 17.4. The molecule has 162 valence electrons. The molecule has 2 nitrogen and oxygen atoms in total. The second-order valence-electron chi connectivity index (χ2n) is 9.21. The molecule has 2 heterocycles. The molecule has 1 aliphatic rings. The van der Waals surface area contributed by atoms with Crippen molar-refractivity contribution in [2.24, 2.45) is 0 Å². The van der Waals surface area contributed by atoms with Gasteiger partial charge >= 0.3 is 0 Å². The zero-order valence-corrected chi connectivity index (χ0v) is 18.9. The highest BCUT2D eigenvalue weighted by Gasteiger charge is 2.25. The van der Waals surface area contributed by atoms with Gasteiger partial charge in [0.25, 0.3) is 0 Å². The summed E-state index contributed by atoms with van der Waals surface area (Å²) in [5.41, 5.74) is 10.8. The van der Waals surface area contributed by atoms with Crippen molar-refractivity contribution in [3.63, 3.8) is 0 Å². The lowest BCUT2D eigenvalue weighted by Crippen LogP contribution is -1.95. The average Bonchev–Trinajstić information content (AvgIpc) is 3.21. The van der Waals surface area contributed by atoms with E-state index < -0.39 is 0 Å². The van der Waals surface area contributed by atoms with E-state index in [0.29, 0.717) is 0 Å². The van der Waals surface area contributed by atoms with Crippen LogP contribution in [-0.4, -0.2) is 9.55 Å². The Balaban J connectivity index is 1.68. The fourth-order valence-corrected chi connectivity index (χ4v) is 5.93. The lowest BCUT2D eigenvalue weighted by Gasteiger charge is -2.15. The summed E-state index contributed by atoms with van der Waals surface area (Å²) in [6.45, 7) is 0. The molecule has 0 unspecified atom stereocenters. The van der Waals surface area contributed by atoms with Gasteiger partial charge in [-0.05, 0) is 75.5 Å². The molecule has 0 fully saturated rings. The summed E-state index contributed by atoms with van der Waals surface area (Å²) in [7, 11) is 0. The van der Waals surface area contributed by atoms with Crippen molar-refractivity contribution < 1.29 is 0 Å². The Morgan fingerprint density at radius 2 is 1.26 bits per heavy atom. The van der Waals surface area contributed by atoms with E-state index in [1.54, 1.807) is 0 Å². The van der Waals surface area contributed by atoms with Gasteiger partial charge in [0.1, 0.15) is 0 Å². The Morgan fingerprint density at radius 3 is 2.09 bits per heavy atom. The summed E-state index contributed by atoms with van der Waals surface area (Å²) in [6.07, 6.45) is 1.87. The minimum Gasteiger partial charge on any atom is -0.309 e. The molecule has 7 aromatic rings. The number of para-hydroxylation sites is 1. The van der Waals surface area contributed by atoms with Crippen LogP contribution in [0.15, 0.2) is 121 Å². The molecule has 5 aromatic carbocycles. The monoisotopic (exact) mass is 444 g/mol. The van der Waals surface area contributed by atoms with Crippen molar-refractivity contribution in [1.82, 2.24) is 9.55 Å². The molecule has 0 bridgehead atoms. The van der Waals surface area contributed by atoms with E-state index in [9.17, 15) is 0 Å². The van der Waals surface area contributed by atoms with Gasteiger partial charge in [0.2, 0.25) is 0 Å². The topological polar surface area (TPSA) is 17.8 Å². The Morgan fingerprint density at radius 1 is 0.486 bits per heavy atom. The predicted molar refractivity (Wildman–Crippen MR) is 146 cm³/mol. The van der Waals surface area contributed by atoms with Crippen LogP contribution in [0.3, 0.4) is 0 Å². The normalized spacial score (nSPS) is 12.0. The van der Waals surface area contributed by atoms with Gasteiger partial charge in [-0.25, -0.2) is 0 Å². The van der Waals surface area contributed by atoms with Crippen LogP contribution in [0.5, 0.6) is 0 Å². The van der Waals surface area contributed by atoms with Crippen molar-refractivity contribution in [3.8, 4) is 39.2 Å². The van der Waals surface area contributed by atoms with E-state index >= 15 is 0 Å². The molecule has 0 amide bonds. The molecule has 0 radical (unpaired) electrons. The van der Waals surface area contributed by atoms with Crippen LogP contribution in [-0.2, 0) is 0 Å². The van der Waals surface area contributed by atoms with Gasteiger partial charge in [-0.3, -0.25) is 4.98 Å². The van der Waals surface area contributed by atoms with Gasteiger partial charge in [0.05, 0.1) is 16.7 Å². The standard InChI is InChI=1S/C33H20N2/c1-2-10-23(11-3-1)35-29-17-16-21-9-8-14-26-24-12-4-5-13-25(24)27-19-22(28-15-6-7-18-34-28)20-30(35)32(27)33(29)31(21)26/h1-20H. The van der Waals surface area contributed by atoms with Crippen LogP contribution in [0.2, 0.25) is 0 Å². The molecule has 2 aromatic heterocycles. The van der Waals surface area contributed by atoms with E-state index in [4.69, 9.17) is 4.98 Å². The first-order valence-corrected chi connectivity index (χ1v) is 12.0. The van der Waals surface area contributed by atoms with Crippen molar-refractivity contribution in [3.05, 3.63) is 121 Å². The third kappa shape index (κ3) is 2.51. The van der Waals surface area contributed by atoms with Gasteiger partial charge in [-0.15, -0.1) is 0 Å². The fraction of sp³-hybridized carbons (Fsp3) is 0. The highest BCUT2D eigenvalue weighted by molar-refractivity contribution is 6.30. The molecule has 35 heavy (non-hydrogen) atoms. The second kappa shape index (κ2) is 6.91. The predicted octanol–water partition coefficient (Wildman–Crippen LogP) is 8.65. The van der Waals surface area contributed by atoms with E-state index in [0.717, 1.165) is 11.3 Å². The first-order valence-electron chi connectivity index (χ1n) is 12.0. The van der Waals surface area contributed by atoms with Gasteiger partial charge in [-0.1, -0.05) is 72.8 Å². The van der Waals surface area contributed by atoms with Crippen LogP contribution >= 0.6 is 0 Å². The number of hydrogen-bond donors (Lipinski definition) is 0. The molecule has 8 rings (SSSR count). The molecule has 0 aliphatic heterocycles. The van der Waals surface area contributed by atoms with E-state index in [1.807, 2.05) is 12.3 Å². The SMILES string of the molecule is c1ccc(-n2c3cc(-c4ccccn4)cc4c3c3c5c(cccc5ccc32)-c2ccccc2-4)cc1. The van der Waals surface area contributed by atoms with Crippen molar-refractivity contribution in [2.45, 2.75) is 0 Å². The zero-order chi connectivity index (χ0) is 22.9. The largest absolute Gasteiger partial charge is 0.309 e. The van der Waals surface area contributed by atoms with Crippen molar-refractivity contribution >= 4 is 32.6 Å². The molecule has 0 atom stereocenters. The van der Waals surface area contributed by atoms with Crippen LogP contribution in [0.25, 0.3) is 71.8 Å². The third-order valence-corrected chi connectivity index (χ3v) is 7.36. The first kappa shape index (κ1) is 18.7. The van der Waals surface area contributed by atoms with Crippen LogP contribution < -0.4 is 0 Å². The van der Waals surface area contributed by atoms with E-state index in [1.165, 1.54) is 60.5 Å². The summed E-state index contributed by atoms with van der Waals surface area (Å²) >= 11 is 0. The van der Waals surface area contributed by atoms with Crippen LogP contribution in [0.4, 0.5) is 0 Å². The average molecular weight is 445 g/mol. The minimum absolute atomic E-state index is 0.986. The summed E-state index contributed by atoms with van der Waals surface area (Å²) in [5.74, 6) is 0. The fourth-order valence-electron chi connectivity index (χ4n) is 5.93. The van der Waals surface area contributed by atoms with E-state index in [-0.39, 0.29) is 0 Å². The molecule has 2 heteroatoms. The molecular formula is C33H20N2. The lowest BCUT2D eigenvalue weighted by atomic mass is 9.92. The molecule has 0 saturated carbocycles. The maximum Gasteiger partial charge on any atom is 0.0702 e. The second-order valence-corrected chi connectivity index (χ2v) is 9.21. The summed E-state index contributed by atoms with van der Waals surface area (Å²) in [6, 6.07) is 41.6. The van der Waals surface area contributed by atoms with Crippen LogP contribution in [0.1, 0.15) is 0 Å². The summed E-state index contributed by atoms with van der Waals surface area (Å²) < 4.78 is 2.42. The number of rotatable bonds is 2. The Labute approximate surface area is 202 Å². The quantitative estimate of drug-likeness (QED) is 0.261. The number of aromatic nitrogens is 2. The molecule has 0 spiro atoms. The minimum atomic E-state index is 0.986. The van der Waals surface area contributed by atoms with Gasteiger partial charge in [-0.2, -0.15) is 0 Å². The van der Waals surface area contributed by atoms with Crippen molar-refractivity contribution in [1.29, 1.82) is 0 Å². The highest BCUT2D eigenvalue weighted by atomic mass is 15.0. The third-order valence-electron chi connectivity index (χ3n) is 7.36. The zero-order valence-electron chi connectivity index (χ0n) is 18.9. The number of hydrogen-bond acceptors (Lipinski definition) is 1. The molecule has 0 saturated heterocycles. The Kier molecular flexibility index (Phi) is 3.69. The number of fused-ring (bicyclic) bond motifs is 3. The Hall–Kier alpha value is -4.69. The molecule has 1 aliphatic carbocycles. The maximum atomic E-state index is 4.71. The smallest absolute Gasteiger partial charge is 0.0702 e. The number of benzene rings is 5. The number of nitrogens with zero attached hydrogens (tertiary/aromatic N) is 2. The summed E-state index contributed by atoms with van der Waals surface area (Å²) in [5, 5.41) is 5.25. The maximum absolute atomic E-state index is 4.71.